The van der Waals surface area contributed by atoms with E-state index in [1.807, 2.05) is 11.3 Å². The molecule has 0 amide bonds. The summed E-state index contributed by atoms with van der Waals surface area (Å²) in [5, 5.41) is 3.46. The number of hydrogen-bond acceptors (Lipinski definition) is 3. The second kappa shape index (κ2) is 6.53. The van der Waals surface area contributed by atoms with E-state index in [0.29, 0.717) is 0 Å². The Morgan fingerprint density at radius 2 is 2.12 bits per heavy atom. The molecule has 1 N–H and O–H groups in total. The van der Waals surface area contributed by atoms with Crippen molar-refractivity contribution in [3.63, 3.8) is 0 Å². The summed E-state index contributed by atoms with van der Waals surface area (Å²) in [6.45, 7) is 6.76. The quantitative estimate of drug-likeness (QED) is 0.715. The molecule has 0 atom stereocenters. The van der Waals surface area contributed by atoms with E-state index < -0.39 is 0 Å². The number of thiophene rings is 1. The first kappa shape index (κ1) is 13.1. The largest absolute Gasteiger partial charge is 0.312 e. The van der Waals surface area contributed by atoms with Crippen LogP contribution in [0.25, 0.3) is 0 Å². The highest BCUT2D eigenvalue weighted by molar-refractivity contribution is 7.11. The van der Waals surface area contributed by atoms with Gasteiger partial charge in [0.05, 0.1) is 0 Å². The van der Waals surface area contributed by atoms with Crippen LogP contribution in [0.3, 0.4) is 0 Å². The fraction of sp³-hybridized carbons (Fsp3) is 0.714. The number of nitrogens with one attached hydrogen (secondary N) is 1. The molecule has 0 radical (unpaired) electrons. The molecule has 0 aliphatic heterocycles. The SMILES string of the molecule is CCCNCc1ccc(CN(C)CC2CC2)s1. The Bertz CT molecular complexity index is 331. The van der Waals surface area contributed by atoms with Gasteiger partial charge in [0, 0.05) is 29.4 Å². The van der Waals surface area contributed by atoms with Crippen molar-refractivity contribution >= 4 is 11.3 Å². The lowest BCUT2D eigenvalue weighted by Crippen LogP contribution is -2.19. The van der Waals surface area contributed by atoms with E-state index in [1.54, 1.807) is 0 Å². The smallest absolute Gasteiger partial charge is 0.0325 e. The van der Waals surface area contributed by atoms with E-state index >= 15 is 0 Å². The van der Waals surface area contributed by atoms with Gasteiger partial charge in [-0.2, -0.15) is 0 Å². The van der Waals surface area contributed by atoms with Crippen molar-refractivity contribution in [1.82, 2.24) is 10.2 Å². The molecule has 1 heterocycles. The second-order valence-electron chi connectivity index (χ2n) is 5.18. The zero-order chi connectivity index (χ0) is 12.1. The van der Waals surface area contributed by atoms with Gasteiger partial charge >= 0.3 is 0 Å². The maximum atomic E-state index is 3.46. The predicted molar refractivity (Wildman–Crippen MR) is 75.4 cm³/mol. The topological polar surface area (TPSA) is 15.3 Å². The Morgan fingerprint density at radius 3 is 2.82 bits per heavy atom. The highest BCUT2D eigenvalue weighted by Crippen LogP contribution is 2.30. The Balaban J connectivity index is 1.72. The molecule has 0 bridgehead atoms. The minimum atomic E-state index is 0.991. The molecule has 1 aliphatic carbocycles. The zero-order valence-electron chi connectivity index (χ0n) is 11.0. The van der Waals surface area contributed by atoms with E-state index in [-0.39, 0.29) is 0 Å². The van der Waals surface area contributed by atoms with Crippen LogP contribution in [0.15, 0.2) is 12.1 Å². The third-order valence-corrected chi connectivity index (χ3v) is 4.21. The van der Waals surface area contributed by atoms with Crippen LogP contribution in [0, 0.1) is 5.92 Å². The van der Waals surface area contributed by atoms with Gasteiger partial charge in [0.25, 0.3) is 0 Å². The molecular weight excluding hydrogens is 228 g/mol. The lowest BCUT2D eigenvalue weighted by Gasteiger charge is -2.14. The monoisotopic (exact) mass is 252 g/mol. The number of hydrogen-bond donors (Lipinski definition) is 1. The molecule has 0 saturated heterocycles. The number of nitrogens with zero attached hydrogens (tertiary/aromatic N) is 1. The first-order valence-corrected chi connectivity index (χ1v) is 7.56. The van der Waals surface area contributed by atoms with Gasteiger partial charge in [-0.05, 0) is 50.9 Å². The zero-order valence-corrected chi connectivity index (χ0v) is 11.9. The van der Waals surface area contributed by atoms with Crippen molar-refractivity contribution in [1.29, 1.82) is 0 Å². The molecule has 1 aliphatic rings. The van der Waals surface area contributed by atoms with Crippen LogP contribution in [-0.4, -0.2) is 25.0 Å². The maximum absolute atomic E-state index is 3.46. The number of rotatable bonds is 8. The average Bonchev–Trinajstić information content (AvgIpc) is 2.99. The summed E-state index contributed by atoms with van der Waals surface area (Å²) in [5.41, 5.74) is 0. The van der Waals surface area contributed by atoms with Crippen molar-refractivity contribution in [2.75, 3.05) is 20.1 Å². The Hall–Kier alpha value is -0.380. The molecular formula is C14H24N2S. The third-order valence-electron chi connectivity index (χ3n) is 3.14. The minimum Gasteiger partial charge on any atom is -0.312 e. The van der Waals surface area contributed by atoms with Crippen LogP contribution in [-0.2, 0) is 13.1 Å². The van der Waals surface area contributed by atoms with Crippen LogP contribution >= 0.6 is 11.3 Å². The maximum Gasteiger partial charge on any atom is 0.0325 e. The molecule has 0 spiro atoms. The second-order valence-corrected chi connectivity index (χ2v) is 6.44. The minimum absolute atomic E-state index is 0.991. The molecule has 1 aromatic rings. The summed E-state index contributed by atoms with van der Waals surface area (Å²) in [6, 6.07) is 4.56. The summed E-state index contributed by atoms with van der Waals surface area (Å²) < 4.78 is 0. The van der Waals surface area contributed by atoms with E-state index in [4.69, 9.17) is 0 Å². The molecule has 17 heavy (non-hydrogen) atoms. The van der Waals surface area contributed by atoms with Crippen LogP contribution in [0.1, 0.15) is 35.9 Å². The Labute approximate surface area is 109 Å². The first-order valence-electron chi connectivity index (χ1n) is 6.74. The Kier molecular flexibility index (Phi) is 5.01. The van der Waals surface area contributed by atoms with Gasteiger partial charge in [-0.3, -0.25) is 0 Å². The van der Waals surface area contributed by atoms with E-state index in [9.17, 15) is 0 Å². The standard InChI is InChI=1S/C14H24N2S/c1-3-8-15-9-13-6-7-14(17-13)11-16(2)10-12-4-5-12/h6-7,12,15H,3-5,8-11H2,1-2H3. The van der Waals surface area contributed by atoms with Crippen LogP contribution in [0.4, 0.5) is 0 Å². The summed E-state index contributed by atoms with van der Waals surface area (Å²) in [7, 11) is 2.24. The molecule has 2 rings (SSSR count). The van der Waals surface area contributed by atoms with Crippen molar-refractivity contribution < 1.29 is 0 Å². The van der Waals surface area contributed by atoms with E-state index in [0.717, 1.165) is 25.6 Å². The molecule has 0 aromatic carbocycles. The normalized spacial score (nSPS) is 15.7. The highest BCUT2D eigenvalue weighted by atomic mass is 32.1. The van der Waals surface area contributed by atoms with Crippen molar-refractivity contribution in [3.05, 3.63) is 21.9 Å². The van der Waals surface area contributed by atoms with Gasteiger partial charge in [-0.15, -0.1) is 11.3 Å². The molecule has 1 saturated carbocycles. The first-order chi connectivity index (χ1) is 8.28. The molecule has 1 aromatic heterocycles. The summed E-state index contributed by atoms with van der Waals surface area (Å²) in [6.07, 6.45) is 4.10. The predicted octanol–water partition coefficient (Wildman–Crippen LogP) is 3.09. The van der Waals surface area contributed by atoms with Gasteiger partial charge in [0.2, 0.25) is 0 Å². The molecule has 1 fully saturated rings. The lowest BCUT2D eigenvalue weighted by atomic mass is 10.3. The lowest BCUT2D eigenvalue weighted by molar-refractivity contribution is 0.316. The molecule has 0 unspecified atom stereocenters. The van der Waals surface area contributed by atoms with E-state index in [2.05, 4.69) is 36.3 Å². The third kappa shape index (κ3) is 4.78. The van der Waals surface area contributed by atoms with E-state index in [1.165, 1.54) is 35.6 Å². The molecule has 2 nitrogen and oxygen atoms in total. The highest BCUT2D eigenvalue weighted by Gasteiger charge is 2.22. The van der Waals surface area contributed by atoms with Crippen molar-refractivity contribution in [2.45, 2.75) is 39.3 Å². The fourth-order valence-electron chi connectivity index (χ4n) is 2.06. The van der Waals surface area contributed by atoms with Gasteiger partial charge < -0.3 is 10.2 Å². The summed E-state index contributed by atoms with van der Waals surface area (Å²) in [4.78, 5) is 5.43. The van der Waals surface area contributed by atoms with Gasteiger partial charge in [0.1, 0.15) is 0 Å². The Morgan fingerprint density at radius 1 is 1.35 bits per heavy atom. The van der Waals surface area contributed by atoms with Crippen LogP contribution in [0.5, 0.6) is 0 Å². The van der Waals surface area contributed by atoms with Crippen LogP contribution < -0.4 is 5.32 Å². The van der Waals surface area contributed by atoms with Gasteiger partial charge in [0.15, 0.2) is 0 Å². The molecule has 3 heteroatoms. The fourth-order valence-corrected chi connectivity index (χ4v) is 3.13. The average molecular weight is 252 g/mol. The summed E-state index contributed by atoms with van der Waals surface area (Å²) in [5.74, 6) is 0.991. The van der Waals surface area contributed by atoms with Gasteiger partial charge in [-0.25, -0.2) is 0 Å². The summed E-state index contributed by atoms with van der Waals surface area (Å²) >= 11 is 1.95. The van der Waals surface area contributed by atoms with Crippen molar-refractivity contribution in [3.8, 4) is 0 Å². The van der Waals surface area contributed by atoms with Crippen molar-refractivity contribution in [2.24, 2.45) is 5.92 Å². The molecule has 96 valence electrons. The van der Waals surface area contributed by atoms with Gasteiger partial charge in [-0.1, -0.05) is 6.92 Å². The van der Waals surface area contributed by atoms with Crippen LogP contribution in [0.2, 0.25) is 0 Å².